The molecule has 2 amide bonds. The molecule has 4 aromatic carbocycles. The molecule has 1 aromatic heterocycles. The Labute approximate surface area is 227 Å². The SMILES string of the molecule is O=C1NC(=O)c2c1c(-c1ccccc1Cl)cc1c2c2cc(O)ccc2n1CCCNc1ccc2c(c1)OCO2. The predicted octanol–water partition coefficient (Wildman–Crippen LogP) is 5.94. The van der Waals surface area contributed by atoms with Crippen LogP contribution in [0.4, 0.5) is 5.69 Å². The van der Waals surface area contributed by atoms with Gasteiger partial charge in [0.25, 0.3) is 11.8 Å². The third-order valence-electron chi connectivity index (χ3n) is 7.24. The summed E-state index contributed by atoms with van der Waals surface area (Å²) in [5.74, 6) is 0.621. The molecular weight excluding hydrogens is 518 g/mol. The van der Waals surface area contributed by atoms with E-state index >= 15 is 0 Å². The maximum Gasteiger partial charge on any atom is 0.259 e. The number of phenolic OH excluding ortho intramolecular Hbond substituents is 1. The molecule has 0 unspecified atom stereocenters. The number of carbonyl (C=O) groups is 2. The number of hydrogen-bond donors (Lipinski definition) is 3. The molecular formula is C30H22ClN3O5. The largest absolute Gasteiger partial charge is 0.508 e. The van der Waals surface area contributed by atoms with Crippen LogP contribution in [0, 0.1) is 0 Å². The Hall–Kier alpha value is -4.69. The summed E-state index contributed by atoms with van der Waals surface area (Å²) in [5, 5.41) is 18.0. The maximum atomic E-state index is 13.1. The van der Waals surface area contributed by atoms with Gasteiger partial charge in [0.1, 0.15) is 5.75 Å². The number of anilines is 1. The van der Waals surface area contributed by atoms with Crippen molar-refractivity contribution < 1.29 is 24.2 Å². The number of fused-ring (bicyclic) bond motifs is 6. The Morgan fingerprint density at radius 2 is 1.72 bits per heavy atom. The van der Waals surface area contributed by atoms with Crippen molar-refractivity contribution in [2.75, 3.05) is 18.7 Å². The molecule has 2 aliphatic heterocycles. The van der Waals surface area contributed by atoms with E-state index in [0.29, 0.717) is 51.1 Å². The zero-order chi connectivity index (χ0) is 26.7. The Kier molecular flexibility index (Phi) is 5.38. The standard InChI is InChI=1S/C30H22ClN3O5/c31-21-5-2-1-4-18(21)19-14-23-26(28-27(19)29(36)33-30(28)37)20-13-17(35)7-8-22(20)34(23)11-3-10-32-16-6-9-24-25(12-16)39-15-38-24/h1-2,4-9,12-14,32,35H,3,10-11,15H2,(H,33,36,37). The number of nitrogens with zero attached hydrogens (tertiary/aromatic N) is 1. The quantitative estimate of drug-likeness (QED) is 0.182. The number of aryl methyl sites for hydroxylation is 1. The smallest absolute Gasteiger partial charge is 0.259 e. The van der Waals surface area contributed by atoms with Crippen molar-refractivity contribution in [3.8, 4) is 28.4 Å². The molecule has 194 valence electrons. The molecule has 0 bridgehead atoms. The second kappa shape index (κ2) is 8.96. The fraction of sp³-hybridized carbons (Fsp3) is 0.133. The van der Waals surface area contributed by atoms with E-state index in [1.54, 1.807) is 18.2 Å². The van der Waals surface area contributed by atoms with Crippen LogP contribution in [0.3, 0.4) is 0 Å². The van der Waals surface area contributed by atoms with Gasteiger partial charge in [-0.2, -0.15) is 0 Å². The predicted molar refractivity (Wildman–Crippen MR) is 149 cm³/mol. The van der Waals surface area contributed by atoms with Crippen molar-refractivity contribution in [3.63, 3.8) is 0 Å². The zero-order valence-electron chi connectivity index (χ0n) is 20.6. The van der Waals surface area contributed by atoms with E-state index in [9.17, 15) is 14.7 Å². The minimum Gasteiger partial charge on any atom is -0.508 e. The molecule has 3 N–H and O–H groups in total. The number of hydrogen-bond acceptors (Lipinski definition) is 6. The second-order valence-corrected chi connectivity index (χ2v) is 9.94. The number of imide groups is 1. The van der Waals surface area contributed by atoms with Crippen molar-refractivity contribution in [3.05, 3.63) is 82.9 Å². The molecule has 0 aliphatic carbocycles. The molecule has 0 fully saturated rings. The van der Waals surface area contributed by atoms with Gasteiger partial charge in [0, 0.05) is 51.7 Å². The van der Waals surface area contributed by atoms with Gasteiger partial charge in [-0.05, 0) is 54.4 Å². The number of aromatic nitrogens is 1. The Bertz CT molecular complexity index is 1840. The van der Waals surface area contributed by atoms with Crippen LogP contribution in [0.25, 0.3) is 32.9 Å². The summed E-state index contributed by atoms with van der Waals surface area (Å²) in [5.41, 5.74) is 4.45. The fourth-order valence-electron chi connectivity index (χ4n) is 5.54. The first-order valence-corrected chi connectivity index (χ1v) is 12.9. The third kappa shape index (κ3) is 3.75. The summed E-state index contributed by atoms with van der Waals surface area (Å²) in [6.07, 6.45) is 0.762. The van der Waals surface area contributed by atoms with Gasteiger partial charge in [0.2, 0.25) is 6.79 Å². The van der Waals surface area contributed by atoms with Crippen LogP contribution in [0.2, 0.25) is 5.02 Å². The van der Waals surface area contributed by atoms with Crippen LogP contribution in [0.15, 0.2) is 66.7 Å². The number of amides is 2. The van der Waals surface area contributed by atoms with Crippen molar-refractivity contribution in [2.45, 2.75) is 13.0 Å². The van der Waals surface area contributed by atoms with Crippen LogP contribution < -0.4 is 20.1 Å². The Morgan fingerprint density at radius 1 is 0.897 bits per heavy atom. The molecule has 0 radical (unpaired) electrons. The van der Waals surface area contributed by atoms with E-state index in [1.807, 2.05) is 48.5 Å². The monoisotopic (exact) mass is 539 g/mol. The fourth-order valence-corrected chi connectivity index (χ4v) is 5.78. The van der Waals surface area contributed by atoms with Gasteiger partial charge in [-0.1, -0.05) is 29.8 Å². The summed E-state index contributed by atoms with van der Waals surface area (Å²) in [7, 11) is 0. The summed E-state index contributed by atoms with van der Waals surface area (Å²) < 4.78 is 13.0. The lowest BCUT2D eigenvalue weighted by molar-refractivity contribution is 0.0880. The highest BCUT2D eigenvalue weighted by molar-refractivity contribution is 6.36. The van der Waals surface area contributed by atoms with Gasteiger partial charge >= 0.3 is 0 Å². The van der Waals surface area contributed by atoms with E-state index in [0.717, 1.165) is 34.6 Å². The van der Waals surface area contributed by atoms with E-state index in [4.69, 9.17) is 21.1 Å². The van der Waals surface area contributed by atoms with Gasteiger partial charge in [-0.25, -0.2) is 0 Å². The maximum absolute atomic E-state index is 13.1. The Balaban J connectivity index is 1.33. The number of halogens is 1. The first-order valence-electron chi connectivity index (χ1n) is 12.6. The zero-order valence-corrected chi connectivity index (χ0v) is 21.3. The number of benzene rings is 4. The van der Waals surface area contributed by atoms with E-state index in [1.165, 1.54) is 0 Å². The van der Waals surface area contributed by atoms with E-state index < -0.39 is 11.8 Å². The topological polar surface area (TPSA) is 102 Å². The van der Waals surface area contributed by atoms with Gasteiger partial charge in [0.15, 0.2) is 11.5 Å². The summed E-state index contributed by atoms with van der Waals surface area (Å²) in [6.45, 7) is 1.53. The molecule has 7 rings (SSSR count). The lowest BCUT2D eigenvalue weighted by Crippen LogP contribution is -2.20. The van der Waals surface area contributed by atoms with E-state index in [2.05, 4.69) is 15.2 Å². The number of ether oxygens (including phenoxy) is 2. The van der Waals surface area contributed by atoms with Crippen LogP contribution in [0.1, 0.15) is 27.1 Å². The summed E-state index contributed by atoms with van der Waals surface area (Å²) in [6, 6.07) is 20.1. The number of rotatable bonds is 6. The minimum absolute atomic E-state index is 0.0830. The lowest BCUT2D eigenvalue weighted by atomic mass is 9.93. The third-order valence-corrected chi connectivity index (χ3v) is 7.57. The first kappa shape index (κ1) is 23.4. The second-order valence-electron chi connectivity index (χ2n) is 9.53. The average molecular weight is 540 g/mol. The summed E-state index contributed by atoms with van der Waals surface area (Å²) in [4.78, 5) is 26.1. The van der Waals surface area contributed by atoms with Crippen LogP contribution in [-0.2, 0) is 6.54 Å². The van der Waals surface area contributed by atoms with Crippen LogP contribution >= 0.6 is 11.6 Å². The molecule has 2 aliphatic rings. The molecule has 0 saturated carbocycles. The first-order chi connectivity index (χ1) is 19.0. The van der Waals surface area contributed by atoms with Crippen LogP contribution in [-0.4, -0.2) is 34.8 Å². The number of aromatic hydroxyl groups is 1. The highest BCUT2D eigenvalue weighted by Gasteiger charge is 2.35. The van der Waals surface area contributed by atoms with Gasteiger partial charge < -0.3 is 24.5 Å². The molecule has 3 heterocycles. The highest BCUT2D eigenvalue weighted by Crippen LogP contribution is 2.42. The number of nitrogens with one attached hydrogen (secondary N) is 2. The molecule has 5 aromatic rings. The Morgan fingerprint density at radius 3 is 2.59 bits per heavy atom. The van der Waals surface area contributed by atoms with E-state index in [-0.39, 0.29) is 12.5 Å². The number of phenols is 1. The number of carbonyl (C=O) groups excluding carboxylic acids is 2. The minimum atomic E-state index is -0.458. The van der Waals surface area contributed by atoms with Gasteiger partial charge in [0.05, 0.1) is 16.6 Å². The van der Waals surface area contributed by atoms with Crippen LogP contribution in [0.5, 0.6) is 17.2 Å². The highest BCUT2D eigenvalue weighted by atomic mass is 35.5. The van der Waals surface area contributed by atoms with Crippen molar-refractivity contribution in [1.29, 1.82) is 0 Å². The van der Waals surface area contributed by atoms with Crippen molar-refractivity contribution in [2.24, 2.45) is 0 Å². The van der Waals surface area contributed by atoms with Crippen molar-refractivity contribution >= 4 is 50.9 Å². The van der Waals surface area contributed by atoms with Crippen molar-refractivity contribution in [1.82, 2.24) is 9.88 Å². The molecule has 0 saturated heterocycles. The molecule has 0 atom stereocenters. The van der Waals surface area contributed by atoms with Gasteiger partial charge in [-0.15, -0.1) is 0 Å². The molecule has 8 nitrogen and oxygen atoms in total. The molecule has 39 heavy (non-hydrogen) atoms. The average Bonchev–Trinajstić information content (AvgIpc) is 3.60. The summed E-state index contributed by atoms with van der Waals surface area (Å²) >= 11 is 6.55. The van der Waals surface area contributed by atoms with Gasteiger partial charge in [-0.3, -0.25) is 14.9 Å². The normalized spacial score (nSPS) is 13.8. The lowest BCUT2D eigenvalue weighted by Gasteiger charge is -2.13. The molecule has 9 heteroatoms. The molecule has 0 spiro atoms.